The van der Waals surface area contributed by atoms with E-state index in [0.717, 1.165) is 23.1 Å². The SMILES string of the molecule is CNC(=O)OC(C)C(=S)N[C@H]1CCS[C@H]2CC(C)(C)[C@@H](C(=O)n3ccc4ccccc43)N2C1=O. The van der Waals surface area contributed by atoms with E-state index in [9.17, 15) is 14.4 Å². The van der Waals surface area contributed by atoms with Gasteiger partial charge in [-0.1, -0.05) is 44.3 Å². The third kappa shape index (κ3) is 4.53. The van der Waals surface area contributed by atoms with Crippen molar-refractivity contribution in [3.05, 3.63) is 36.5 Å². The number of rotatable bonds is 4. The normalized spacial score (nSPS) is 24.8. The molecule has 0 spiro atoms. The fourth-order valence-corrected chi connectivity index (χ4v) is 6.56. The predicted molar refractivity (Wildman–Crippen MR) is 137 cm³/mol. The summed E-state index contributed by atoms with van der Waals surface area (Å²) in [6, 6.07) is 8.46. The van der Waals surface area contributed by atoms with Gasteiger partial charge in [0.25, 0.3) is 5.91 Å². The van der Waals surface area contributed by atoms with Gasteiger partial charge in [-0.25, -0.2) is 4.79 Å². The van der Waals surface area contributed by atoms with Crippen molar-refractivity contribution < 1.29 is 19.1 Å². The molecule has 4 rings (SSSR count). The van der Waals surface area contributed by atoms with Gasteiger partial charge in [0, 0.05) is 18.6 Å². The van der Waals surface area contributed by atoms with Crippen molar-refractivity contribution in [1.29, 1.82) is 0 Å². The van der Waals surface area contributed by atoms with Crippen LogP contribution in [-0.4, -0.2) is 68.7 Å². The van der Waals surface area contributed by atoms with Gasteiger partial charge < -0.3 is 20.3 Å². The van der Waals surface area contributed by atoms with Crippen LogP contribution < -0.4 is 10.6 Å². The molecule has 3 heterocycles. The summed E-state index contributed by atoms with van der Waals surface area (Å²) in [7, 11) is 1.47. The van der Waals surface area contributed by atoms with E-state index in [-0.39, 0.29) is 22.2 Å². The fourth-order valence-electron chi connectivity index (χ4n) is 4.79. The molecule has 0 aliphatic carbocycles. The number of thioether (sulfide) groups is 1. The number of benzene rings is 1. The summed E-state index contributed by atoms with van der Waals surface area (Å²) in [4.78, 5) is 41.3. The van der Waals surface area contributed by atoms with E-state index in [0.29, 0.717) is 6.42 Å². The number of para-hydroxylation sites is 1. The van der Waals surface area contributed by atoms with Crippen molar-refractivity contribution in [2.75, 3.05) is 12.8 Å². The van der Waals surface area contributed by atoms with Gasteiger partial charge in [0.15, 0.2) is 6.10 Å². The average Bonchev–Trinajstić information content (AvgIpc) is 3.31. The molecule has 2 N–H and O–H groups in total. The van der Waals surface area contributed by atoms with E-state index in [4.69, 9.17) is 17.0 Å². The van der Waals surface area contributed by atoms with Crippen molar-refractivity contribution in [2.24, 2.45) is 5.41 Å². The standard InChI is InChI=1S/C24H30N4O4S2/c1-14(32-23(31)25-4)20(33)26-16-10-12-34-18-13-24(2,3)19(28(18)21(16)29)22(30)27-11-9-15-7-5-6-8-17(15)27/h5-9,11,14,16,18-19H,10,12-13H2,1-4H3,(H,25,31)(H,26,33)/t14?,16-,18-,19+/m0/s1. The highest BCUT2D eigenvalue weighted by atomic mass is 32.2. The summed E-state index contributed by atoms with van der Waals surface area (Å²) in [5.41, 5.74) is 0.436. The van der Waals surface area contributed by atoms with Crippen LogP contribution in [0.4, 0.5) is 4.79 Å². The minimum atomic E-state index is -0.687. The van der Waals surface area contributed by atoms with Crippen LogP contribution >= 0.6 is 24.0 Å². The van der Waals surface area contributed by atoms with E-state index in [1.165, 1.54) is 7.05 Å². The van der Waals surface area contributed by atoms with Crippen molar-refractivity contribution in [3.63, 3.8) is 0 Å². The molecule has 0 saturated carbocycles. The number of nitrogens with one attached hydrogen (secondary N) is 2. The number of fused-ring (bicyclic) bond motifs is 2. The van der Waals surface area contributed by atoms with Crippen LogP contribution in [-0.2, 0) is 9.53 Å². The summed E-state index contributed by atoms with van der Waals surface area (Å²) in [6.07, 6.45) is 1.80. The van der Waals surface area contributed by atoms with Crippen LogP contribution in [0.3, 0.4) is 0 Å². The summed E-state index contributed by atoms with van der Waals surface area (Å²) >= 11 is 7.12. The fraction of sp³-hybridized carbons (Fsp3) is 0.500. The molecule has 182 valence electrons. The summed E-state index contributed by atoms with van der Waals surface area (Å²) in [5, 5.41) is 6.39. The number of aromatic nitrogens is 1. The van der Waals surface area contributed by atoms with E-state index in [1.807, 2.05) is 30.3 Å². The third-order valence-electron chi connectivity index (χ3n) is 6.54. The second-order valence-corrected chi connectivity index (χ2v) is 11.1. The summed E-state index contributed by atoms with van der Waals surface area (Å²) < 4.78 is 6.86. The van der Waals surface area contributed by atoms with E-state index in [1.54, 1.807) is 34.3 Å². The van der Waals surface area contributed by atoms with Gasteiger partial charge in [0.05, 0.1) is 10.9 Å². The predicted octanol–water partition coefficient (Wildman–Crippen LogP) is 3.40. The lowest BCUT2D eigenvalue weighted by molar-refractivity contribution is -0.134. The Kier molecular flexibility index (Phi) is 6.91. The zero-order chi connectivity index (χ0) is 24.6. The molecule has 2 aromatic rings. The Bertz CT molecular complexity index is 1130. The maximum atomic E-state index is 13.9. The number of thiocarbonyl (C=S) groups is 1. The first-order valence-corrected chi connectivity index (χ1v) is 12.8. The number of carbonyl (C=O) groups is 3. The van der Waals surface area contributed by atoms with Gasteiger partial charge in [0.2, 0.25) is 5.91 Å². The van der Waals surface area contributed by atoms with Crippen molar-refractivity contribution >= 4 is 57.8 Å². The van der Waals surface area contributed by atoms with Crippen molar-refractivity contribution in [1.82, 2.24) is 20.1 Å². The van der Waals surface area contributed by atoms with Gasteiger partial charge in [-0.05, 0) is 43.1 Å². The van der Waals surface area contributed by atoms with Gasteiger partial charge >= 0.3 is 6.09 Å². The molecule has 8 nitrogen and oxygen atoms in total. The Hall–Kier alpha value is -2.59. The molecule has 1 unspecified atom stereocenters. The van der Waals surface area contributed by atoms with Gasteiger partial charge in [-0.15, -0.1) is 11.8 Å². The van der Waals surface area contributed by atoms with E-state index < -0.39 is 29.7 Å². The van der Waals surface area contributed by atoms with Crippen molar-refractivity contribution in [3.8, 4) is 0 Å². The highest BCUT2D eigenvalue weighted by molar-refractivity contribution is 7.99. The lowest BCUT2D eigenvalue weighted by atomic mass is 9.84. The zero-order valence-electron chi connectivity index (χ0n) is 19.7. The average molecular weight is 503 g/mol. The molecule has 2 saturated heterocycles. The maximum absolute atomic E-state index is 13.9. The number of alkyl carbamates (subject to hydrolysis) is 1. The lowest BCUT2D eigenvalue weighted by Crippen LogP contribution is -2.56. The number of nitrogens with zero attached hydrogens (tertiary/aromatic N) is 2. The molecular formula is C24H30N4O4S2. The first-order valence-electron chi connectivity index (χ1n) is 11.4. The number of hydrogen-bond acceptors (Lipinski definition) is 6. The van der Waals surface area contributed by atoms with Crippen LogP contribution in [0.25, 0.3) is 10.9 Å². The van der Waals surface area contributed by atoms with Crippen LogP contribution in [0.5, 0.6) is 0 Å². The summed E-state index contributed by atoms with van der Waals surface area (Å²) in [6.45, 7) is 5.76. The smallest absolute Gasteiger partial charge is 0.407 e. The number of carbonyl (C=O) groups excluding carboxylic acids is 3. The highest BCUT2D eigenvalue weighted by Crippen LogP contribution is 2.47. The molecule has 2 amide bonds. The molecule has 1 aromatic carbocycles. The Morgan fingerprint density at radius 3 is 2.74 bits per heavy atom. The quantitative estimate of drug-likeness (QED) is 0.619. The Morgan fingerprint density at radius 1 is 1.26 bits per heavy atom. The zero-order valence-corrected chi connectivity index (χ0v) is 21.4. The van der Waals surface area contributed by atoms with Crippen LogP contribution in [0.1, 0.15) is 38.4 Å². The Morgan fingerprint density at radius 2 is 2.00 bits per heavy atom. The molecule has 2 aliphatic rings. The minimum absolute atomic E-state index is 0.0850. The second-order valence-electron chi connectivity index (χ2n) is 9.40. The molecule has 0 bridgehead atoms. The van der Waals surface area contributed by atoms with Crippen molar-refractivity contribution in [2.45, 2.75) is 57.2 Å². The topological polar surface area (TPSA) is 92.7 Å². The molecule has 2 fully saturated rings. The third-order valence-corrected chi connectivity index (χ3v) is 8.24. The molecule has 2 aliphatic heterocycles. The van der Waals surface area contributed by atoms with Crippen LogP contribution in [0, 0.1) is 5.41 Å². The molecule has 4 atom stereocenters. The first kappa shape index (κ1) is 24.5. The maximum Gasteiger partial charge on any atom is 0.407 e. The second kappa shape index (κ2) is 9.58. The molecular weight excluding hydrogens is 472 g/mol. The lowest BCUT2D eigenvalue weighted by Gasteiger charge is -2.34. The number of amides is 2. The highest BCUT2D eigenvalue weighted by Gasteiger charge is 2.54. The Balaban J connectivity index is 1.60. The largest absolute Gasteiger partial charge is 0.439 e. The molecule has 0 radical (unpaired) electrons. The Labute approximate surface area is 208 Å². The van der Waals surface area contributed by atoms with Gasteiger partial charge in [-0.3, -0.25) is 14.2 Å². The van der Waals surface area contributed by atoms with Crippen LogP contribution in [0.2, 0.25) is 0 Å². The first-order chi connectivity index (χ1) is 16.1. The molecule has 10 heteroatoms. The summed E-state index contributed by atoms with van der Waals surface area (Å²) in [5.74, 6) is 0.494. The molecule has 34 heavy (non-hydrogen) atoms. The van der Waals surface area contributed by atoms with E-state index in [2.05, 4.69) is 24.5 Å². The minimum Gasteiger partial charge on any atom is -0.439 e. The molecule has 1 aromatic heterocycles. The van der Waals surface area contributed by atoms with Gasteiger partial charge in [0.1, 0.15) is 17.1 Å². The number of hydrogen-bond donors (Lipinski definition) is 2. The number of ether oxygens (including phenoxy) is 1. The monoisotopic (exact) mass is 502 g/mol. The van der Waals surface area contributed by atoms with Gasteiger partial charge in [-0.2, -0.15) is 0 Å². The van der Waals surface area contributed by atoms with E-state index >= 15 is 0 Å². The van der Waals surface area contributed by atoms with Crippen LogP contribution in [0.15, 0.2) is 36.5 Å².